The summed E-state index contributed by atoms with van der Waals surface area (Å²) < 4.78 is 17.3. The Kier molecular flexibility index (Phi) is 13.9. The quantitative estimate of drug-likeness (QED) is 0.207. The van der Waals surface area contributed by atoms with Gasteiger partial charge in [-0.25, -0.2) is 4.79 Å². The number of hydrogen-bond donors (Lipinski definition) is 3. The van der Waals surface area contributed by atoms with Gasteiger partial charge in [-0.15, -0.1) is 0 Å². The van der Waals surface area contributed by atoms with Crippen molar-refractivity contribution >= 4 is 29.8 Å². The summed E-state index contributed by atoms with van der Waals surface area (Å²) in [5.41, 5.74) is 1.70. The molecule has 1 saturated heterocycles. The topological polar surface area (TPSA) is 152 Å². The molecular formula is C41H58N4O8. The Morgan fingerprint density at radius 2 is 1.53 bits per heavy atom. The fraction of sp³-hybridized carbons (Fsp3) is 0.585. The van der Waals surface area contributed by atoms with Crippen molar-refractivity contribution in [3.8, 4) is 5.75 Å². The van der Waals surface area contributed by atoms with Crippen molar-refractivity contribution in [2.75, 3.05) is 13.1 Å². The fourth-order valence-corrected chi connectivity index (χ4v) is 6.70. The molecular weight excluding hydrogens is 676 g/mol. The first kappa shape index (κ1) is 41.2. The molecule has 0 aromatic heterocycles. The summed E-state index contributed by atoms with van der Waals surface area (Å²) in [6.07, 6.45) is 2.03. The van der Waals surface area contributed by atoms with Crippen LogP contribution in [0.2, 0.25) is 0 Å². The first-order valence-electron chi connectivity index (χ1n) is 18.7. The number of nitrogens with one attached hydrogen (secondary N) is 3. The largest absolute Gasteiger partial charge is 0.490 e. The van der Waals surface area contributed by atoms with Crippen LogP contribution in [0.25, 0.3) is 0 Å². The predicted molar refractivity (Wildman–Crippen MR) is 201 cm³/mol. The van der Waals surface area contributed by atoms with E-state index >= 15 is 0 Å². The van der Waals surface area contributed by atoms with Gasteiger partial charge in [0.2, 0.25) is 17.7 Å². The van der Waals surface area contributed by atoms with Gasteiger partial charge in [0, 0.05) is 38.9 Å². The Morgan fingerprint density at radius 1 is 0.849 bits per heavy atom. The Bertz CT molecular complexity index is 1600. The van der Waals surface area contributed by atoms with Crippen LogP contribution < -0.4 is 20.7 Å². The molecule has 290 valence electrons. The minimum absolute atomic E-state index is 0.0177. The third-order valence-electron chi connectivity index (χ3n) is 9.40. The number of fused-ring (bicyclic) bond motifs is 1. The average Bonchev–Trinajstić information content (AvgIpc) is 3.40. The van der Waals surface area contributed by atoms with Crippen LogP contribution in [0.5, 0.6) is 5.75 Å². The second-order valence-corrected chi connectivity index (χ2v) is 16.3. The lowest BCUT2D eigenvalue weighted by atomic mass is 9.73. The van der Waals surface area contributed by atoms with Gasteiger partial charge in [-0.05, 0) is 115 Å². The average molecular weight is 735 g/mol. The molecule has 2 fully saturated rings. The van der Waals surface area contributed by atoms with Gasteiger partial charge in [0.25, 0.3) is 0 Å². The molecule has 4 rings (SSSR count). The third kappa shape index (κ3) is 13.1. The number of rotatable bonds is 15. The smallest absolute Gasteiger partial charge is 0.410 e. The molecule has 0 spiro atoms. The number of carbonyl (C=O) groups is 5. The molecule has 2 aliphatic rings. The third-order valence-corrected chi connectivity index (χ3v) is 9.40. The van der Waals surface area contributed by atoms with E-state index in [2.05, 4.69) is 16.0 Å². The van der Waals surface area contributed by atoms with Crippen LogP contribution in [-0.4, -0.2) is 77.2 Å². The van der Waals surface area contributed by atoms with Crippen LogP contribution >= 0.6 is 0 Å². The van der Waals surface area contributed by atoms with Gasteiger partial charge in [-0.3, -0.25) is 19.2 Å². The summed E-state index contributed by atoms with van der Waals surface area (Å²) in [6.45, 7) is 15.7. The van der Waals surface area contributed by atoms with Crippen molar-refractivity contribution < 1.29 is 38.2 Å². The van der Waals surface area contributed by atoms with E-state index < -0.39 is 35.1 Å². The predicted octanol–water partition coefficient (Wildman–Crippen LogP) is 5.38. The van der Waals surface area contributed by atoms with Crippen LogP contribution in [0.4, 0.5) is 4.79 Å². The number of likely N-dealkylation sites (tertiary alicyclic amines) is 1. The highest BCUT2D eigenvalue weighted by molar-refractivity contribution is 5.91. The Balaban J connectivity index is 1.37. The molecule has 3 N–H and O–H groups in total. The Hall–Kier alpha value is -4.61. The lowest BCUT2D eigenvalue weighted by Gasteiger charge is -2.39. The zero-order chi connectivity index (χ0) is 38.9. The zero-order valence-electron chi connectivity index (χ0n) is 32.6. The maximum atomic E-state index is 13.7. The maximum Gasteiger partial charge on any atom is 0.410 e. The second-order valence-electron chi connectivity index (χ2n) is 16.3. The van der Waals surface area contributed by atoms with Crippen LogP contribution in [0.3, 0.4) is 0 Å². The van der Waals surface area contributed by atoms with Gasteiger partial charge in [0.15, 0.2) is 0 Å². The van der Waals surface area contributed by atoms with Gasteiger partial charge < -0.3 is 35.1 Å². The molecule has 5 atom stereocenters. The van der Waals surface area contributed by atoms with Crippen LogP contribution in [0.1, 0.15) is 97.3 Å². The molecule has 12 nitrogen and oxygen atoms in total. The van der Waals surface area contributed by atoms with Gasteiger partial charge in [0.05, 0.1) is 0 Å². The summed E-state index contributed by atoms with van der Waals surface area (Å²) in [5, 5.41) is 8.55. The second kappa shape index (κ2) is 17.9. The van der Waals surface area contributed by atoms with Gasteiger partial charge in [-0.1, -0.05) is 36.4 Å². The van der Waals surface area contributed by atoms with Gasteiger partial charge in [-0.2, -0.15) is 0 Å². The van der Waals surface area contributed by atoms with Crippen LogP contribution in [-0.2, 0) is 41.6 Å². The summed E-state index contributed by atoms with van der Waals surface area (Å²) in [4.78, 5) is 66.0. The molecule has 0 radical (unpaired) electrons. The molecule has 1 saturated carbocycles. The molecule has 1 heterocycles. The first-order valence-corrected chi connectivity index (χ1v) is 18.7. The highest BCUT2D eigenvalue weighted by atomic mass is 16.6. The number of carbonyl (C=O) groups excluding carboxylic acids is 5. The molecule has 3 unspecified atom stereocenters. The standard InChI is InChI=1S/C41H58N4O8/c1-26-17-19-31(51-35-22-30-24-45(25-32(30)35)39(50)53-41(6,7)8)21-29(26)23-42-37(48)34(20-18-28-13-10-9-11-14-28)44-38(49)33(43-27(2)46)15-12-16-36(47)52-40(3,4)5/h9-11,13-14,17,19,21,30,32-35H,12,15-16,18,20,22-25H2,1-8H3,(H,42,48)(H,43,46)(H,44,49)/t30?,32?,33-,34-,35?/m0/s1. The van der Waals surface area contributed by atoms with Crippen molar-refractivity contribution in [1.29, 1.82) is 0 Å². The SMILES string of the molecule is CC(=O)N[C@@H](CCCC(=O)OC(C)(C)C)C(=O)N[C@@H](CCc1ccccc1)C(=O)NCc1cc(OC2CC3CN(C(=O)OC(C)(C)C)CC32)ccc1C. The Labute approximate surface area is 314 Å². The number of aryl methyl sites for hydroxylation is 2. The normalized spacial score (nSPS) is 19.2. The van der Waals surface area contributed by atoms with Crippen LogP contribution in [0.15, 0.2) is 48.5 Å². The Morgan fingerprint density at radius 3 is 2.19 bits per heavy atom. The first-order chi connectivity index (χ1) is 24.9. The van der Waals surface area contributed by atoms with Crippen molar-refractivity contribution in [3.05, 3.63) is 65.2 Å². The van der Waals surface area contributed by atoms with E-state index in [-0.39, 0.29) is 49.4 Å². The number of ether oxygens (including phenoxy) is 3. The minimum atomic E-state index is -0.930. The van der Waals surface area contributed by atoms with E-state index in [9.17, 15) is 24.0 Å². The highest BCUT2D eigenvalue weighted by Gasteiger charge is 2.50. The van der Waals surface area contributed by atoms with E-state index in [1.165, 1.54) is 6.92 Å². The number of esters is 1. The summed E-state index contributed by atoms with van der Waals surface area (Å²) >= 11 is 0. The number of benzene rings is 2. The van der Waals surface area contributed by atoms with Gasteiger partial charge in [0.1, 0.15) is 35.1 Å². The fourth-order valence-electron chi connectivity index (χ4n) is 6.70. The lowest BCUT2D eigenvalue weighted by Crippen LogP contribution is -2.53. The maximum absolute atomic E-state index is 13.7. The molecule has 4 amide bonds. The molecule has 1 aliphatic heterocycles. The highest BCUT2D eigenvalue weighted by Crippen LogP contribution is 2.43. The molecule has 0 bridgehead atoms. The van der Waals surface area contributed by atoms with Crippen LogP contribution in [0, 0.1) is 18.8 Å². The zero-order valence-corrected chi connectivity index (χ0v) is 32.6. The lowest BCUT2D eigenvalue weighted by molar-refractivity contribution is -0.155. The van der Waals surface area contributed by atoms with Crippen molar-refractivity contribution in [2.24, 2.45) is 11.8 Å². The van der Waals surface area contributed by atoms with Crippen molar-refractivity contribution in [1.82, 2.24) is 20.9 Å². The van der Waals surface area contributed by atoms with E-state index in [0.717, 1.165) is 23.1 Å². The van der Waals surface area contributed by atoms with E-state index in [4.69, 9.17) is 14.2 Å². The molecule has 12 heteroatoms. The monoisotopic (exact) mass is 734 g/mol. The number of hydrogen-bond acceptors (Lipinski definition) is 8. The van der Waals surface area contributed by atoms with E-state index in [0.29, 0.717) is 44.0 Å². The van der Waals surface area contributed by atoms with E-state index in [1.807, 2.05) is 76.2 Å². The summed E-state index contributed by atoms with van der Waals surface area (Å²) in [6, 6.07) is 13.7. The molecule has 1 aliphatic carbocycles. The summed E-state index contributed by atoms with van der Waals surface area (Å²) in [7, 11) is 0. The number of amides is 4. The van der Waals surface area contributed by atoms with E-state index in [1.54, 1.807) is 25.7 Å². The summed E-state index contributed by atoms with van der Waals surface area (Å²) in [5.74, 6) is -0.321. The molecule has 2 aromatic carbocycles. The molecule has 2 aromatic rings. The van der Waals surface area contributed by atoms with Crippen molar-refractivity contribution in [2.45, 2.75) is 130 Å². The minimum Gasteiger partial charge on any atom is -0.490 e. The number of nitrogens with zero attached hydrogens (tertiary/aromatic N) is 1. The molecule has 53 heavy (non-hydrogen) atoms. The van der Waals surface area contributed by atoms with Gasteiger partial charge >= 0.3 is 12.1 Å². The van der Waals surface area contributed by atoms with Crippen molar-refractivity contribution in [3.63, 3.8) is 0 Å².